The van der Waals surface area contributed by atoms with Crippen LogP contribution in [0.2, 0.25) is 0 Å². The van der Waals surface area contributed by atoms with E-state index in [0.717, 1.165) is 17.3 Å². The van der Waals surface area contributed by atoms with E-state index in [1.54, 1.807) is 26.0 Å². The average molecular weight is 310 g/mol. The SMILES string of the molecule is CCOC(=O)C(=O)C(Sc1ccc(C)cc1)C(=O)OCC. The number of rotatable bonds is 7. The van der Waals surface area contributed by atoms with E-state index in [1.807, 2.05) is 19.1 Å². The molecule has 0 N–H and O–H groups in total. The van der Waals surface area contributed by atoms with E-state index in [-0.39, 0.29) is 13.2 Å². The van der Waals surface area contributed by atoms with Gasteiger partial charge in [-0.3, -0.25) is 9.59 Å². The lowest BCUT2D eigenvalue weighted by Crippen LogP contribution is -2.35. The number of thioether (sulfide) groups is 1. The summed E-state index contributed by atoms with van der Waals surface area (Å²) in [5.41, 5.74) is 1.06. The first-order valence-electron chi connectivity index (χ1n) is 6.60. The molecule has 0 amide bonds. The number of Topliss-reactive ketones (excluding diaryl/α,β-unsaturated/α-hetero) is 1. The predicted molar refractivity (Wildman–Crippen MR) is 79.1 cm³/mol. The van der Waals surface area contributed by atoms with Crippen LogP contribution in [-0.4, -0.2) is 36.2 Å². The van der Waals surface area contributed by atoms with Crippen LogP contribution in [0.5, 0.6) is 0 Å². The number of ketones is 1. The quantitative estimate of drug-likeness (QED) is 0.333. The molecule has 21 heavy (non-hydrogen) atoms. The van der Waals surface area contributed by atoms with Crippen LogP contribution in [0.3, 0.4) is 0 Å². The lowest BCUT2D eigenvalue weighted by atomic mass is 10.2. The summed E-state index contributed by atoms with van der Waals surface area (Å²) in [6, 6.07) is 7.29. The normalized spacial score (nSPS) is 11.6. The van der Waals surface area contributed by atoms with Gasteiger partial charge in [0.1, 0.15) is 0 Å². The first kappa shape index (κ1) is 17.2. The van der Waals surface area contributed by atoms with E-state index in [2.05, 4.69) is 4.74 Å². The van der Waals surface area contributed by atoms with Crippen LogP contribution in [0.25, 0.3) is 0 Å². The van der Waals surface area contributed by atoms with Gasteiger partial charge in [-0.05, 0) is 32.9 Å². The maximum absolute atomic E-state index is 12.0. The van der Waals surface area contributed by atoms with Crippen molar-refractivity contribution < 1.29 is 23.9 Å². The van der Waals surface area contributed by atoms with E-state index in [9.17, 15) is 14.4 Å². The Balaban J connectivity index is 2.91. The highest BCUT2D eigenvalue weighted by Gasteiger charge is 2.35. The Labute approximate surface area is 128 Å². The molecule has 0 aliphatic carbocycles. The van der Waals surface area contributed by atoms with Crippen molar-refractivity contribution in [3.63, 3.8) is 0 Å². The maximum atomic E-state index is 12.0. The number of hydrogen-bond acceptors (Lipinski definition) is 6. The molecule has 0 saturated heterocycles. The Kier molecular flexibility index (Phi) is 6.94. The Morgan fingerprint density at radius 3 is 2.14 bits per heavy atom. The number of carbonyl (C=O) groups is 3. The summed E-state index contributed by atoms with van der Waals surface area (Å²) in [4.78, 5) is 36.2. The summed E-state index contributed by atoms with van der Waals surface area (Å²) in [5, 5.41) is -1.24. The molecule has 1 aromatic carbocycles. The smallest absolute Gasteiger partial charge is 0.376 e. The van der Waals surface area contributed by atoms with Crippen LogP contribution in [-0.2, 0) is 23.9 Å². The van der Waals surface area contributed by atoms with Gasteiger partial charge in [0.2, 0.25) is 0 Å². The minimum atomic E-state index is -1.24. The Hall–Kier alpha value is -1.82. The van der Waals surface area contributed by atoms with E-state index in [1.165, 1.54) is 0 Å². The molecule has 0 heterocycles. The summed E-state index contributed by atoms with van der Waals surface area (Å²) < 4.78 is 9.52. The Bertz CT molecular complexity index is 509. The molecule has 0 bridgehead atoms. The van der Waals surface area contributed by atoms with Crippen molar-refractivity contribution in [2.45, 2.75) is 30.9 Å². The first-order valence-corrected chi connectivity index (χ1v) is 7.48. The zero-order chi connectivity index (χ0) is 15.8. The van der Waals surface area contributed by atoms with Crippen LogP contribution in [0.15, 0.2) is 29.2 Å². The molecule has 0 aliphatic rings. The van der Waals surface area contributed by atoms with Gasteiger partial charge in [0.05, 0.1) is 13.2 Å². The van der Waals surface area contributed by atoms with Crippen molar-refractivity contribution >= 4 is 29.5 Å². The third kappa shape index (κ3) is 5.23. The van der Waals surface area contributed by atoms with Crippen molar-refractivity contribution in [3.8, 4) is 0 Å². The molecule has 0 fully saturated rings. The van der Waals surface area contributed by atoms with E-state index < -0.39 is 23.0 Å². The van der Waals surface area contributed by atoms with E-state index in [0.29, 0.717) is 4.90 Å². The fourth-order valence-corrected chi connectivity index (χ4v) is 2.42. The van der Waals surface area contributed by atoms with Gasteiger partial charge in [0.25, 0.3) is 5.78 Å². The predicted octanol–water partition coefficient (Wildman–Crippen LogP) is 2.15. The summed E-state index contributed by atoms with van der Waals surface area (Å²) in [7, 11) is 0. The fourth-order valence-electron chi connectivity index (χ4n) is 1.49. The molecule has 1 unspecified atom stereocenters. The van der Waals surface area contributed by atoms with Gasteiger partial charge >= 0.3 is 11.9 Å². The molecule has 1 atom stereocenters. The van der Waals surface area contributed by atoms with Gasteiger partial charge in [-0.25, -0.2) is 4.79 Å². The van der Waals surface area contributed by atoms with Gasteiger partial charge < -0.3 is 9.47 Å². The number of ether oxygens (including phenoxy) is 2. The fraction of sp³-hybridized carbons (Fsp3) is 0.400. The van der Waals surface area contributed by atoms with Gasteiger partial charge in [0, 0.05) is 4.90 Å². The molecule has 0 aliphatic heterocycles. The zero-order valence-corrected chi connectivity index (χ0v) is 13.1. The minimum Gasteiger partial charge on any atom is -0.465 e. The number of esters is 2. The van der Waals surface area contributed by atoms with Crippen LogP contribution in [0, 0.1) is 6.92 Å². The van der Waals surface area contributed by atoms with Crippen molar-refractivity contribution in [3.05, 3.63) is 29.8 Å². The summed E-state index contributed by atoms with van der Waals surface area (Å²) in [6.07, 6.45) is 0. The lowest BCUT2D eigenvalue weighted by molar-refractivity contribution is -0.157. The molecule has 5 nitrogen and oxygen atoms in total. The summed E-state index contributed by atoms with van der Waals surface area (Å²) in [6.45, 7) is 5.38. The van der Waals surface area contributed by atoms with Crippen LogP contribution >= 0.6 is 11.8 Å². The number of carbonyl (C=O) groups excluding carboxylic acids is 3. The molecular weight excluding hydrogens is 292 g/mol. The second kappa shape index (κ2) is 8.46. The van der Waals surface area contributed by atoms with Gasteiger partial charge in [0.15, 0.2) is 5.25 Å². The van der Waals surface area contributed by atoms with Crippen molar-refractivity contribution in [1.29, 1.82) is 0 Å². The van der Waals surface area contributed by atoms with E-state index in [4.69, 9.17) is 4.74 Å². The molecule has 1 aromatic rings. The van der Waals surface area contributed by atoms with E-state index >= 15 is 0 Å². The topological polar surface area (TPSA) is 69.7 Å². The number of benzene rings is 1. The van der Waals surface area contributed by atoms with Crippen molar-refractivity contribution in [2.75, 3.05) is 13.2 Å². The second-order valence-electron chi connectivity index (χ2n) is 4.15. The Morgan fingerprint density at radius 1 is 1.05 bits per heavy atom. The standard InChI is InChI=1S/C15H18O5S/c1-4-19-14(17)12(16)13(15(18)20-5-2)21-11-8-6-10(3)7-9-11/h6-9,13H,4-5H2,1-3H3. The van der Waals surface area contributed by atoms with Crippen LogP contribution in [0.1, 0.15) is 19.4 Å². The van der Waals surface area contributed by atoms with Crippen LogP contribution < -0.4 is 0 Å². The molecule has 0 saturated carbocycles. The second-order valence-corrected chi connectivity index (χ2v) is 5.33. The summed E-state index contributed by atoms with van der Waals surface area (Å²) in [5.74, 6) is -2.66. The van der Waals surface area contributed by atoms with Crippen molar-refractivity contribution in [1.82, 2.24) is 0 Å². The molecule has 0 radical (unpaired) electrons. The monoisotopic (exact) mass is 310 g/mol. The molecule has 6 heteroatoms. The van der Waals surface area contributed by atoms with Gasteiger partial charge in [-0.15, -0.1) is 11.8 Å². The molecule has 0 aromatic heterocycles. The van der Waals surface area contributed by atoms with Gasteiger partial charge in [-0.1, -0.05) is 17.7 Å². The highest BCUT2D eigenvalue weighted by atomic mass is 32.2. The largest absolute Gasteiger partial charge is 0.465 e. The molecular formula is C15H18O5S. The lowest BCUT2D eigenvalue weighted by Gasteiger charge is -2.13. The van der Waals surface area contributed by atoms with Crippen LogP contribution in [0.4, 0.5) is 0 Å². The third-order valence-corrected chi connectivity index (χ3v) is 3.68. The number of hydrogen-bond donors (Lipinski definition) is 0. The highest BCUT2D eigenvalue weighted by Crippen LogP contribution is 2.25. The first-order chi connectivity index (χ1) is 9.99. The molecule has 114 valence electrons. The third-order valence-electron chi connectivity index (χ3n) is 2.49. The maximum Gasteiger partial charge on any atom is 0.376 e. The average Bonchev–Trinajstić information content (AvgIpc) is 2.46. The van der Waals surface area contributed by atoms with Gasteiger partial charge in [-0.2, -0.15) is 0 Å². The minimum absolute atomic E-state index is 0.0787. The van der Waals surface area contributed by atoms with Crippen molar-refractivity contribution in [2.24, 2.45) is 0 Å². The zero-order valence-electron chi connectivity index (χ0n) is 12.3. The number of aryl methyl sites for hydroxylation is 1. The Morgan fingerprint density at radius 2 is 1.62 bits per heavy atom. The summed E-state index contributed by atoms with van der Waals surface area (Å²) >= 11 is 0.983. The molecule has 1 rings (SSSR count). The highest BCUT2D eigenvalue weighted by molar-refractivity contribution is 8.01. The molecule has 0 spiro atoms.